The zero-order valence-electron chi connectivity index (χ0n) is 9.25. The van der Waals surface area contributed by atoms with E-state index in [4.69, 9.17) is 27.9 Å². The molecule has 0 aliphatic carbocycles. The first-order chi connectivity index (χ1) is 7.76. The molecule has 1 saturated heterocycles. The standard InChI is InChI=1S/C12H15Cl2NO/c1-16-9-5-6-15(8-9)12-4-2-3-11(14)10(12)7-13/h2-4,9H,5-8H2,1H3. The van der Waals surface area contributed by atoms with E-state index in [1.807, 2.05) is 12.1 Å². The number of hydrogen-bond acceptors (Lipinski definition) is 2. The second kappa shape index (κ2) is 5.26. The van der Waals surface area contributed by atoms with Crippen molar-refractivity contribution in [3.8, 4) is 0 Å². The van der Waals surface area contributed by atoms with E-state index in [-0.39, 0.29) is 0 Å². The summed E-state index contributed by atoms with van der Waals surface area (Å²) in [7, 11) is 1.76. The van der Waals surface area contributed by atoms with Crippen molar-refractivity contribution in [1.29, 1.82) is 0 Å². The number of rotatable bonds is 3. The summed E-state index contributed by atoms with van der Waals surface area (Å²) in [6, 6.07) is 5.92. The summed E-state index contributed by atoms with van der Waals surface area (Å²) >= 11 is 12.1. The van der Waals surface area contributed by atoms with Crippen LogP contribution < -0.4 is 4.90 Å². The number of ether oxygens (including phenoxy) is 1. The lowest BCUT2D eigenvalue weighted by atomic mass is 10.2. The largest absolute Gasteiger partial charge is 0.380 e. The summed E-state index contributed by atoms with van der Waals surface area (Å²) in [4.78, 5) is 2.29. The fourth-order valence-corrected chi connectivity index (χ4v) is 2.70. The van der Waals surface area contributed by atoms with Gasteiger partial charge in [-0.15, -0.1) is 11.6 Å². The molecule has 0 radical (unpaired) electrons. The minimum Gasteiger partial charge on any atom is -0.380 e. The average molecular weight is 260 g/mol. The molecule has 1 aromatic rings. The highest BCUT2D eigenvalue weighted by Crippen LogP contribution is 2.31. The van der Waals surface area contributed by atoms with E-state index in [2.05, 4.69) is 11.0 Å². The molecule has 0 aromatic heterocycles. The Balaban J connectivity index is 2.24. The first-order valence-corrected chi connectivity index (χ1v) is 6.28. The normalized spacial score (nSPS) is 20.4. The molecule has 1 aliphatic rings. The number of anilines is 1. The van der Waals surface area contributed by atoms with Crippen LogP contribution in [0.1, 0.15) is 12.0 Å². The van der Waals surface area contributed by atoms with Crippen LogP contribution in [0.5, 0.6) is 0 Å². The van der Waals surface area contributed by atoms with Gasteiger partial charge in [-0.05, 0) is 18.6 Å². The molecule has 1 fully saturated rings. The monoisotopic (exact) mass is 259 g/mol. The van der Waals surface area contributed by atoms with Crippen LogP contribution in [0.3, 0.4) is 0 Å². The van der Waals surface area contributed by atoms with Crippen LogP contribution >= 0.6 is 23.2 Å². The van der Waals surface area contributed by atoms with Gasteiger partial charge in [-0.3, -0.25) is 0 Å². The summed E-state index contributed by atoms with van der Waals surface area (Å²) < 4.78 is 5.36. The Morgan fingerprint density at radius 1 is 1.50 bits per heavy atom. The molecule has 4 heteroatoms. The number of methoxy groups -OCH3 is 1. The van der Waals surface area contributed by atoms with Gasteiger partial charge in [0.05, 0.1) is 12.0 Å². The third-order valence-corrected chi connectivity index (χ3v) is 3.67. The molecule has 0 spiro atoms. The molecular formula is C12H15Cl2NO. The third kappa shape index (κ3) is 2.29. The Morgan fingerprint density at radius 3 is 2.94 bits per heavy atom. The molecule has 2 rings (SSSR count). The molecule has 1 aromatic carbocycles. The van der Waals surface area contributed by atoms with Gasteiger partial charge in [-0.2, -0.15) is 0 Å². The molecule has 16 heavy (non-hydrogen) atoms. The summed E-state index contributed by atoms with van der Waals surface area (Å²) in [6.45, 7) is 1.92. The molecule has 0 saturated carbocycles. The van der Waals surface area contributed by atoms with Gasteiger partial charge in [-0.25, -0.2) is 0 Å². The molecule has 0 amide bonds. The SMILES string of the molecule is COC1CCN(c2cccc(Cl)c2CCl)C1. The van der Waals surface area contributed by atoms with Crippen molar-refractivity contribution in [2.45, 2.75) is 18.4 Å². The summed E-state index contributed by atoms with van der Waals surface area (Å²) in [5.41, 5.74) is 2.16. The van der Waals surface area contributed by atoms with Crippen LogP contribution in [0.2, 0.25) is 5.02 Å². The van der Waals surface area contributed by atoms with Gasteiger partial charge in [0.15, 0.2) is 0 Å². The lowest BCUT2D eigenvalue weighted by molar-refractivity contribution is 0.121. The van der Waals surface area contributed by atoms with E-state index >= 15 is 0 Å². The van der Waals surface area contributed by atoms with Crippen LogP contribution in [-0.4, -0.2) is 26.3 Å². The smallest absolute Gasteiger partial charge is 0.0762 e. The van der Waals surface area contributed by atoms with Crippen molar-refractivity contribution in [3.05, 3.63) is 28.8 Å². The van der Waals surface area contributed by atoms with Crippen molar-refractivity contribution in [2.75, 3.05) is 25.1 Å². The topological polar surface area (TPSA) is 12.5 Å². The van der Waals surface area contributed by atoms with E-state index in [0.717, 1.165) is 35.8 Å². The van der Waals surface area contributed by atoms with Crippen LogP contribution in [-0.2, 0) is 10.6 Å². The molecule has 1 unspecified atom stereocenters. The predicted octanol–water partition coefficient (Wildman–Crippen LogP) is 3.30. The Morgan fingerprint density at radius 2 is 2.31 bits per heavy atom. The first-order valence-electron chi connectivity index (χ1n) is 5.37. The second-order valence-electron chi connectivity index (χ2n) is 3.96. The van der Waals surface area contributed by atoms with Crippen LogP contribution in [0.25, 0.3) is 0 Å². The van der Waals surface area contributed by atoms with E-state index in [1.54, 1.807) is 7.11 Å². The van der Waals surface area contributed by atoms with Crippen molar-refractivity contribution in [3.63, 3.8) is 0 Å². The summed E-state index contributed by atoms with van der Waals surface area (Å²) in [6.07, 6.45) is 1.38. The van der Waals surface area contributed by atoms with Crippen LogP contribution in [0, 0.1) is 0 Å². The zero-order chi connectivity index (χ0) is 11.5. The molecule has 0 N–H and O–H groups in total. The van der Waals surface area contributed by atoms with Gasteiger partial charge in [0, 0.05) is 36.5 Å². The zero-order valence-corrected chi connectivity index (χ0v) is 10.8. The maximum Gasteiger partial charge on any atom is 0.0762 e. The highest BCUT2D eigenvalue weighted by molar-refractivity contribution is 6.32. The summed E-state index contributed by atoms with van der Waals surface area (Å²) in [5, 5.41) is 0.744. The number of alkyl halides is 1. The van der Waals surface area contributed by atoms with Gasteiger partial charge < -0.3 is 9.64 Å². The molecule has 0 bridgehead atoms. The van der Waals surface area contributed by atoms with Crippen LogP contribution in [0.4, 0.5) is 5.69 Å². The minimum absolute atomic E-state index is 0.321. The molecule has 1 atom stereocenters. The Bertz CT molecular complexity index is 370. The van der Waals surface area contributed by atoms with Gasteiger partial charge in [-0.1, -0.05) is 17.7 Å². The number of halogens is 2. The molecule has 1 heterocycles. The maximum atomic E-state index is 6.14. The van der Waals surface area contributed by atoms with Gasteiger partial charge in [0.1, 0.15) is 0 Å². The Hall–Kier alpha value is -0.440. The van der Waals surface area contributed by atoms with Gasteiger partial charge >= 0.3 is 0 Å². The lowest BCUT2D eigenvalue weighted by Gasteiger charge is -2.21. The van der Waals surface area contributed by atoms with E-state index in [9.17, 15) is 0 Å². The van der Waals surface area contributed by atoms with Crippen molar-refractivity contribution < 1.29 is 4.74 Å². The number of benzene rings is 1. The van der Waals surface area contributed by atoms with E-state index in [0.29, 0.717) is 12.0 Å². The Kier molecular flexibility index (Phi) is 3.95. The fraction of sp³-hybridized carbons (Fsp3) is 0.500. The van der Waals surface area contributed by atoms with Crippen LogP contribution in [0.15, 0.2) is 18.2 Å². The molecule has 88 valence electrons. The molecular weight excluding hydrogens is 245 g/mol. The number of hydrogen-bond donors (Lipinski definition) is 0. The first kappa shape index (κ1) is 12.0. The second-order valence-corrected chi connectivity index (χ2v) is 4.64. The predicted molar refractivity (Wildman–Crippen MR) is 68.6 cm³/mol. The van der Waals surface area contributed by atoms with E-state index < -0.39 is 0 Å². The van der Waals surface area contributed by atoms with Crippen molar-refractivity contribution in [2.24, 2.45) is 0 Å². The molecule has 1 aliphatic heterocycles. The molecule has 2 nitrogen and oxygen atoms in total. The maximum absolute atomic E-state index is 6.14. The highest BCUT2D eigenvalue weighted by atomic mass is 35.5. The van der Waals surface area contributed by atoms with Crippen molar-refractivity contribution >= 4 is 28.9 Å². The minimum atomic E-state index is 0.321. The highest BCUT2D eigenvalue weighted by Gasteiger charge is 2.24. The fourth-order valence-electron chi connectivity index (χ4n) is 2.12. The van der Waals surface area contributed by atoms with Gasteiger partial charge in [0.2, 0.25) is 0 Å². The lowest BCUT2D eigenvalue weighted by Crippen LogP contribution is -2.23. The Labute approximate surface area is 106 Å². The quantitative estimate of drug-likeness (QED) is 0.773. The number of nitrogens with zero attached hydrogens (tertiary/aromatic N) is 1. The third-order valence-electron chi connectivity index (χ3n) is 3.05. The van der Waals surface area contributed by atoms with Gasteiger partial charge in [0.25, 0.3) is 0 Å². The summed E-state index contributed by atoms with van der Waals surface area (Å²) in [5.74, 6) is 0.448. The average Bonchev–Trinajstić information content (AvgIpc) is 2.77. The van der Waals surface area contributed by atoms with Crippen molar-refractivity contribution in [1.82, 2.24) is 0 Å². The van der Waals surface area contributed by atoms with E-state index in [1.165, 1.54) is 0 Å².